The Bertz CT molecular complexity index is 649. The van der Waals surface area contributed by atoms with Crippen LogP contribution in [0.1, 0.15) is 28.9 Å². The molecule has 2 N–H and O–H groups in total. The minimum Gasteiger partial charge on any atom is -0.376 e. The van der Waals surface area contributed by atoms with Crippen LogP contribution in [0.25, 0.3) is 0 Å². The maximum Gasteiger partial charge on any atom is 0.276 e. The molecule has 0 bridgehead atoms. The predicted octanol–water partition coefficient (Wildman–Crippen LogP) is 2.63. The number of aryl methyl sites for hydroxylation is 1. The van der Waals surface area contributed by atoms with Gasteiger partial charge in [-0.2, -0.15) is 0 Å². The van der Waals surface area contributed by atoms with Crippen molar-refractivity contribution in [2.75, 3.05) is 23.8 Å². The molecule has 1 aromatic heterocycles. The van der Waals surface area contributed by atoms with Crippen molar-refractivity contribution >= 4 is 17.4 Å². The molecule has 1 atom stereocenters. The van der Waals surface area contributed by atoms with Crippen molar-refractivity contribution in [2.45, 2.75) is 25.9 Å². The summed E-state index contributed by atoms with van der Waals surface area (Å²) in [6.45, 7) is 3.54. The highest BCUT2D eigenvalue weighted by Gasteiger charge is 2.15. The monoisotopic (exact) mass is 312 g/mol. The van der Waals surface area contributed by atoms with Crippen molar-refractivity contribution in [3.8, 4) is 0 Å². The number of rotatable bonds is 5. The molecule has 1 saturated heterocycles. The molecular weight excluding hydrogens is 292 g/mol. The number of amides is 1. The Morgan fingerprint density at radius 2 is 2.04 bits per heavy atom. The van der Waals surface area contributed by atoms with Crippen LogP contribution in [-0.2, 0) is 4.74 Å². The molecule has 1 unspecified atom stereocenters. The molecule has 1 aromatic carbocycles. The van der Waals surface area contributed by atoms with E-state index < -0.39 is 0 Å². The fourth-order valence-corrected chi connectivity index (χ4v) is 2.40. The molecule has 1 aliphatic heterocycles. The minimum atomic E-state index is -0.271. The third-order valence-electron chi connectivity index (χ3n) is 3.74. The lowest BCUT2D eigenvalue weighted by Gasteiger charge is -2.11. The van der Waals surface area contributed by atoms with E-state index in [0.29, 0.717) is 12.4 Å². The van der Waals surface area contributed by atoms with Gasteiger partial charge in [0, 0.05) is 18.8 Å². The van der Waals surface area contributed by atoms with Gasteiger partial charge in [0.05, 0.1) is 6.10 Å². The number of ether oxygens (including phenoxy) is 1. The molecule has 120 valence electrons. The van der Waals surface area contributed by atoms with Gasteiger partial charge in [-0.3, -0.25) is 4.79 Å². The lowest BCUT2D eigenvalue weighted by atomic mass is 10.2. The summed E-state index contributed by atoms with van der Waals surface area (Å²) in [7, 11) is 0. The predicted molar refractivity (Wildman–Crippen MR) is 88.6 cm³/mol. The van der Waals surface area contributed by atoms with Crippen LogP contribution in [0.3, 0.4) is 0 Å². The largest absolute Gasteiger partial charge is 0.376 e. The second kappa shape index (κ2) is 7.19. The zero-order chi connectivity index (χ0) is 16.1. The Hall–Kier alpha value is -2.47. The van der Waals surface area contributed by atoms with Crippen LogP contribution < -0.4 is 10.6 Å². The fraction of sp³-hybridized carbons (Fsp3) is 0.353. The normalized spacial score (nSPS) is 17.0. The number of nitrogens with zero attached hydrogens (tertiary/aromatic N) is 2. The topological polar surface area (TPSA) is 76.1 Å². The second-order valence-electron chi connectivity index (χ2n) is 5.64. The molecule has 0 radical (unpaired) electrons. The van der Waals surface area contributed by atoms with Crippen LogP contribution >= 0.6 is 0 Å². The molecule has 2 heterocycles. The molecule has 0 spiro atoms. The van der Waals surface area contributed by atoms with E-state index in [4.69, 9.17) is 4.74 Å². The van der Waals surface area contributed by atoms with Crippen LogP contribution in [0.4, 0.5) is 11.5 Å². The van der Waals surface area contributed by atoms with Gasteiger partial charge in [0.1, 0.15) is 5.82 Å². The van der Waals surface area contributed by atoms with E-state index in [-0.39, 0.29) is 17.7 Å². The third-order valence-corrected chi connectivity index (χ3v) is 3.74. The zero-order valence-electron chi connectivity index (χ0n) is 13.1. The Morgan fingerprint density at radius 3 is 2.70 bits per heavy atom. The highest BCUT2D eigenvalue weighted by Crippen LogP contribution is 2.13. The first-order chi connectivity index (χ1) is 11.2. The summed E-state index contributed by atoms with van der Waals surface area (Å²) in [5.41, 5.74) is 2.17. The summed E-state index contributed by atoms with van der Waals surface area (Å²) >= 11 is 0. The van der Waals surface area contributed by atoms with Gasteiger partial charge >= 0.3 is 0 Å². The summed E-state index contributed by atoms with van der Waals surface area (Å²) in [6, 6.07) is 11.0. The van der Waals surface area contributed by atoms with Gasteiger partial charge in [0.15, 0.2) is 5.69 Å². The number of anilines is 2. The van der Waals surface area contributed by atoms with E-state index in [1.165, 1.54) is 0 Å². The number of carbonyl (C=O) groups is 1. The van der Waals surface area contributed by atoms with Crippen molar-refractivity contribution in [3.63, 3.8) is 0 Å². The van der Waals surface area contributed by atoms with E-state index in [1.807, 2.05) is 31.2 Å². The number of nitrogens with one attached hydrogen (secondary N) is 2. The summed E-state index contributed by atoms with van der Waals surface area (Å²) in [5.74, 6) is 0.374. The zero-order valence-corrected chi connectivity index (χ0v) is 13.1. The van der Waals surface area contributed by atoms with Crippen molar-refractivity contribution in [2.24, 2.45) is 0 Å². The van der Waals surface area contributed by atoms with E-state index in [9.17, 15) is 4.79 Å². The van der Waals surface area contributed by atoms with Gasteiger partial charge in [-0.05, 0) is 44.0 Å². The first kappa shape index (κ1) is 15.4. The minimum absolute atomic E-state index is 0.237. The maximum absolute atomic E-state index is 12.1. The Balaban J connectivity index is 1.55. The number of carbonyl (C=O) groups excluding carboxylic acids is 1. The molecule has 0 saturated carbocycles. The first-order valence-corrected chi connectivity index (χ1v) is 7.78. The third kappa shape index (κ3) is 4.26. The molecule has 1 aliphatic rings. The molecule has 6 nitrogen and oxygen atoms in total. The Morgan fingerprint density at radius 1 is 1.22 bits per heavy atom. The van der Waals surface area contributed by atoms with E-state index in [2.05, 4.69) is 20.8 Å². The molecule has 3 rings (SSSR count). The van der Waals surface area contributed by atoms with Gasteiger partial charge in [-0.15, -0.1) is 10.2 Å². The van der Waals surface area contributed by atoms with Crippen molar-refractivity contribution in [1.29, 1.82) is 0 Å². The van der Waals surface area contributed by atoms with Crippen molar-refractivity contribution < 1.29 is 9.53 Å². The molecule has 6 heteroatoms. The molecule has 2 aromatic rings. The van der Waals surface area contributed by atoms with Gasteiger partial charge in [0.2, 0.25) is 0 Å². The van der Waals surface area contributed by atoms with Gasteiger partial charge in [-0.25, -0.2) is 0 Å². The quantitative estimate of drug-likeness (QED) is 0.887. The van der Waals surface area contributed by atoms with E-state index >= 15 is 0 Å². The lowest BCUT2D eigenvalue weighted by molar-refractivity contribution is 0.102. The highest BCUT2D eigenvalue weighted by molar-refractivity contribution is 6.02. The van der Waals surface area contributed by atoms with Gasteiger partial charge < -0.3 is 15.4 Å². The average molecular weight is 312 g/mol. The smallest absolute Gasteiger partial charge is 0.276 e. The number of benzene rings is 1. The number of hydrogen-bond donors (Lipinski definition) is 2. The van der Waals surface area contributed by atoms with Crippen LogP contribution in [0.2, 0.25) is 0 Å². The SMILES string of the molecule is Cc1ccc(NC(=O)c2ccc(NCC3CCCO3)nn2)cc1. The van der Waals surface area contributed by atoms with Crippen LogP contribution in [0, 0.1) is 6.92 Å². The fourth-order valence-electron chi connectivity index (χ4n) is 2.40. The van der Waals surface area contributed by atoms with E-state index in [0.717, 1.165) is 30.7 Å². The summed E-state index contributed by atoms with van der Waals surface area (Å²) in [6.07, 6.45) is 2.41. The molecule has 0 aliphatic carbocycles. The summed E-state index contributed by atoms with van der Waals surface area (Å²) in [5, 5.41) is 14.0. The van der Waals surface area contributed by atoms with Crippen LogP contribution in [-0.4, -0.2) is 35.4 Å². The van der Waals surface area contributed by atoms with Gasteiger partial charge in [-0.1, -0.05) is 17.7 Å². The molecular formula is C17H20N4O2. The molecule has 23 heavy (non-hydrogen) atoms. The highest BCUT2D eigenvalue weighted by atomic mass is 16.5. The lowest BCUT2D eigenvalue weighted by Crippen LogP contribution is -2.20. The summed E-state index contributed by atoms with van der Waals surface area (Å²) < 4.78 is 5.54. The number of aromatic nitrogens is 2. The standard InChI is InChI=1S/C17H20N4O2/c1-12-4-6-13(7-5-12)19-17(22)15-8-9-16(21-20-15)18-11-14-3-2-10-23-14/h4-9,14H,2-3,10-11H2,1H3,(H,18,21)(H,19,22). The average Bonchev–Trinajstić information content (AvgIpc) is 3.09. The molecule has 1 amide bonds. The first-order valence-electron chi connectivity index (χ1n) is 7.78. The van der Waals surface area contributed by atoms with E-state index in [1.54, 1.807) is 12.1 Å². The van der Waals surface area contributed by atoms with Gasteiger partial charge in [0.25, 0.3) is 5.91 Å². The van der Waals surface area contributed by atoms with Crippen LogP contribution in [0.15, 0.2) is 36.4 Å². The molecule has 1 fully saturated rings. The van der Waals surface area contributed by atoms with Crippen molar-refractivity contribution in [1.82, 2.24) is 10.2 Å². The Kier molecular flexibility index (Phi) is 4.83. The number of hydrogen-bond acceptors (Lipinski definition) is 5. The van der Waals surface area contributed by atoms with Crippen LogP contribution in [0.5, 0.6) is 0 Å². The van der Waals surface area contributed by atoms with Crippen molar-refractivity contribution in [3.05, 3.63) is 47.7 Å². The Labute approximate surface area is 135 Å². The second-order valence-corrected chi connectivity index (χ2v) is 5.64. The summed E-state index contributed by atoms with van der Waals surface area (Å²) in [4.78, 5) is 12.1. The maximum atomic E-state index is 12.1.